The van der Waals surface area contributed by atoms with E-state index in [2.05, 4.69) is 27.7 Å². The number of ether oxygens (including phenoxy) is 2. The predicted molar refractivity (Wildman–Crippen MR) is 164 cm³/mol. The van der Waals surface area contributed by atoms with E-state index in [9.17, 15) is 14.4 Å². The van der Waals surface area contributed by atoms with E-state index in [0.717, 1.165) is 121 Å². The van der Waals surface area contributed by atoms with Crippen molar-refractivity contribution >= 4 is 28.9 Å². The molecule has 8 heteroatoms. The largest absolute Gasteiger partial charge is 0.461 e. The van der Waals surface area contributed by atoms with Gasteiger partial charge in [-0.05, 0) is 65.5 Å². The van der Waals surface area contributed by atoms with Crippen LogP contribution in [0.5, 0.6) is 0 Å². The van der Waals surface area contributed by atoms with Crippen LogP contribution in [0.25, 0.3) is 0 Å². The fourth-order valence-corrected chi connectivity index (χ4v) is 5.30. The first-order valence-electron chi connectivity index (χ1n) is 15.7. The van der Waals surface area contributed by atoms with Crippen LogP contribution in [0, 0.1) is 0 Å². The van der Waals surface area contributed by atoms with Crippen molar-refractivity contribution in [3.05, 3.63) is 0 Å². The molecule has 0 aromatic carbocycles. The Kier molecular flexibility index (Phi) is 24.8. The van der Waals surface area contributed by atoms with E-state index in [1.165, 1.54) is 4.90 Å². The molecule has 0 aromatic heterocycles. The maximum Gasteiger partial charge on any atom is 0.325 e. The van der Waals surface area contributed by atoms with Crippen LogP contribution >= 0.6 is 11.8 Å². The highest BCUT2D eigenvalue weighted by Crippen LogP contribution is 2.18. The Hall–Kier alpha value is -1.28. The molecule has 0 aliphatic carbocycles. The molecule has 230 valence electrons. The Balaban J connectivity index is 5.29. The van der Waals surface area contributed by atoms with Gasteiger partial charge in [0.05, 0.1) is 0 Å². The fourth-order valence-electron chi connectivity index (χ4n) is 4.36. The third-order valence-electron chi connectivity index (χ3n) is 6.78. The number of rotatable bonds is 25. The molecule has 0 radical (unpaired) electrons. The minimum atomic E-state index is -0.440. The van der Waals surface area contributed by atoms with Crippen LogP contribution < -0.4 is 0 Å². The lowest BCUT2D eigenvalue weighted by atomic mass is 10.0. The summed E-state index contributed by atoms with van der Waals surface area (Å²) < 4.78 is 11.7. The summed E-state index contributed by atoms with van der Waals surface area (Å²) in [5.41, 5.74) is 0. The van der Waals surface area contributed by atoms with E-state index in [1.54, 1.807) is 0 Å². The highest BCUT2D eigenvalue weighted by molar-refractivity contribution is 8.13. The molecule has 0 aliphatic rings. The molecule has 0 heterocycles. The Morgan fingerprint density at radius 3 is 1.28 bits per heavy atom. The second-order valence-corrected chi connectivity index (χ2v) is 12.0. The molecule has 0 atom stereocenters. The molecule has 0 saturated carbocycles. The lowest BCUT2D eigenvalue weighted by Gasteiger charge is -2.25. The number of amides is 1. The van der Waals surface area contributed by atoms with Gasteiger partial charge in [-0.1, -0.05) is 90.8 Å². The highest BCUT2D eigenvalue weighted by Gasteiger charge is 2.25. The van der Waals surface area contributed by atoms with Crippen molar-refractivity contribution in [1.82, 2.24) is 9.80 Å². The number of carbonyl (C=O) groups excluding carboxylic acids is 3. The van der Waals surface area contributed by atoms with Crippen LogP contribution in [0.1, 0.15) is 130 Å². The molecule has 0 unspecified atom stereocenters. The van der Waals surface area contributed by atoms with Gasteiger partial charge in [0, 0.05) is 12.3 Å². The van der Waals surface area contributed by atoms with E-state index in [4.69, 9.17) is 9.47 Å². The van der Waals surface area contributed by atoms with Crippen molar-refractivity contribution in [3.8, 4) is 0 Å². The lowest BCUT2D eigenvalue weighted by Crippen LogP contribution is -2.40. The topological polar surface area (TPSA) is 76.1 Å². The van der Waals surface area contributed by atoms with Gasteiger partial charge in [0.15, 0.2) is 0 Å². The molecular weight excluding hydrogens is 512 g/mol. The van der Waals surface area contributed by atoms with Crippen LogP contribution in [0.15, 0.2) is 0 Å². The van der Waals surface area contributed by atoms with E-state index in [0.29, 0.717) is 5.75 Å². The van der Waals surface area contributed by atoms with Crippen LogP contribution in [-0.2, 0) is 19.1 Å². The number of esters is 2. The second kappa shape index (κ2) is 25.7. The molecular formula is C31H60N2O5S. The Morgan fingerprint density at radius 1 is 0.615 bits per heavy atom. The summed E-state index contributed by atoms with van der Waals surface area (Å²) in [4.78, 5) is 42.3. The molecule has 0 saturated heterocycles. The summed E-state index contributed by atoms with van der Waals surface area (Å²) in [6.45, 7) is 8.92. The third kappa shape index (κ3) is 22.1. The van der Waals surface area contributed by atoms with Gasteiger partial charge in [-0.25, -0.2) is 0 Å². The molecule has 0 aliphatic heterocycles. The first kappa shape index (κ1) is 37.7. The monoisotopic (exact) mass is 572 g/mol. The Labute approximate surface area is 244 Å². The van der Waals surface area contributed by atoms with Gasteiger partial charge in [-0.3, -0.25) is 14.4 Å². The molecule has 0 spiro atoms. The smallest absolute Gasteiger partial charge is 0.325 e. The summed E-state index contributed by atoms with van der Waals surface area (Å²) in [7, 11) is 3.90. The van der Waals surface area contributed by atoms with Gasteiger partial charge in [0.25, 0.3) is 5.24 Å². The number of nitrogens with zero attached hydrogens (tertiary/aromatic N) is 2. The second-order valence-electron chi connectivity index (χ2n) is 11.0. The average Bonchev–Trinajstić information content (AvgIpc) is 2.88. The SMILES string of the molecule is CCCCCC(CCCCC)OC(=O)CN(CC(=O)OC(CCCCC)CCCCC)C(=O)SCCN(C)C. The minimum Gasteiger partial charge on any atom is -0.461 e. The third-order valence-corrected chi connectivity index (χ3v) is 7.67. The maximum absolute atomic E-state index is 13.1. The molecule has 0 N–H and O–H groups in total. The van der Waals surface area contributed by atoms with Crippen molar-refractivity contribution in [2.24, 2.45) is 0 Å². The molecule has 0 bridgehead atoms. The van der Waals surface area contributed by atoms with E-state index in [1.807, 2.05) is 19.0 Å². The number of thioether (sulfide) groups is 1. The van der Waals surface area contributed by atoms with Crippen LogP contribution in [0.2, 0.25) is 0 Å². The summed E-state index contributed by atoms with van der Waals surface area (Å²) >= 11 is 1.13. The standard InChI is InChI=1S/C31H60N2O5S/c1-7-11-15-19-27(20-16-12-8-2)37-29(34)25-33(31(36)39-24-23-32(5)6)26-30(35)38-28(21-17-13-9-3)22-18-14-10-4/h27-28H,7-26H2,1-6H3. The Bertz CT molecular complexity index is 572. The molecule has 0 rings (SSSR count). The lowest BCUT2D eigenvalue weighted by molar-refractivity contribution is -0.153. The van der Waals surface area contributed by atoms with Crippen molar-refractivity contribution < 1.29 is 23.9 Å². The zero-order chi connectivity index (χ0) is 29.3. The van der Waals surface area contributed by atoms with Gasteiger partial charge < -0.3 is 19.3 Å². The van der Waals surface area contributed by atoms with E-state index >= 15 is 0 Å². The summed E-state index contributed by atoms with van der Waals surface area (Å²) in [5, 5.41) is -0.284. The highest BCUT2D eigenvalue weighted by atomic mass is 32.2. The molecule has 0 aromatic rings. The van der Waals surface area contributed by atoms with Crippen molar-refractivity contribution in [1.29, 1.82) is 0 Å². The van der Waals surface area contributed by atoms with Crippen LogP contribution in [0.3, 0.4) is 0 Å². The number of hydrogen-bond acceptors (Lipinski definition) is 7. The molecule has 7 nitrogen and oxygen atoms in total. The van der Waals surface area contributed by atoms with Crippen molar-refractivity contribution in [2.75, 3.05) is 39.5 Å². The number of hydrogen-bond donors (Lipinski definition) is 0. The predicted octanol–water partition coefficient (Wildman–Crippen LogP) is 7.85. The zero-order valence-corrected chi connectivity index (χ0v) is 27.0. The van der Waals surface area contributed by atoms with Gasteiger partial charge in [0.2, 0.25) is 0 Å². The van der Waals surface area contributed by atoms with Gasteiger partial charge >= 0.3 is 11.9 Å². The summed E-state index contributed by atoms with van der Waals surface area (Å²) in [6.07, 6.45) is 16.1. The average molecular weight is 573 g/mol. The molecule has 0 fully saturated rings. The van der Waals surface area contributed by atoms with Crippen molar-refractivity contribution in [3.63, 3.8) is 0 Å². The minimum absolute atomic E-state index is 0.137. The van der Waals surface area contributed by atoms with E-state index < -0.39 is 11.9 Å². The van der Waals surface area contributed by atoms with Crippen molar-refractivity contribution in [2.45, 2.75) is 143 Å². The van der Waals surface area contributed by atoms with Crippen LogP contribution in [0.4, 0.5) is 4.79 Å². The first-order chi connectivity index (χ1) is 18.8. The summed E-state index contributed by atoms with van der Waals surface area (Å²) in [6, 6.07) is 0. The summed E-state index contributed by atoms with van der Waals surface area (Å²) in [5.74, 6) is -0.297. The van der Waals surface area contributed by atoms with Gasteiger partial charge in [-0.2, -0.15) is 0 Å². The number of unbranched alkanes of at least 4 members (excludes halogenated alkanes) is 8. The number of carbonyl (C=O) groups is 3. The van der Waals surface area contributed by atoms with E-state index in [-0.39, 0.29) is 30.5 Å². The fraction of sp³-hybridized carbons (Fsp3) is 0.903. The maximum atomic E-state index is 13.1. The Morgan fingerprint density at radius 2 is 0.974 bits per heavy atom. The molecule has 1 amide bonds. The normalized spacial score (nSPS) is 11.4. The van der Waals surface area contributed by atoms with Gasteiger partial charge in [-0.15, -0.1) is 0 Å². The molecule has 39 heavy (non-hydrogen) atoms. The quantitative estimate of drug-likeness (QED) is 0.0814. The first-order valence-corrected chi connectivity index (χ1v) is 16.7. The zero-order valence-electron chi connectivity index (χ0n) is 26.1. The van der Waals surface area contributed by atoms with Gasteiger partial charge in [0.1, 0.15) is 25.3 Å². The van der Waals surface area contributed by atoms with Crippen LogP contribution in [-0.4, -0.2) is 78.7 Å².